The lowest BCUT2D eigenvalue weighted by atomic mass is 9.90. The van der Waals surface area contributed by atoms with Gasteiger partial charge in [0, 0.05) is 21.9 Å². The predicted molar refractivity (Wildman–Crippen MR) is 72.2 cm³/mol. The molecule has 0 aromatic carbocycles. The van der Waals surface area contributed by atoms with E-state index in [9.17, 15) is 0 Å². The number of hydrogen-bond donors (Lipinski definition) is 1. The minimum absolute atomic E-state index is 0.212. The zero-order chi connectivity index (χ0) is 10.5. The van der Waals surface area contributed by atoms with Gasteiger partial charge in [-0.25, -0.2) is 0 Å². The van der Waals surface area contributed by atoms with E-state index >= 15 is 0 Å². The molecule has 1 unspecified atom stereocenters. The number of fused-ring (bicyclic) bond motifs is 1. The lowest BCUT2D eigenvalue weighted by Crippen LogP contribution is -2.21. The van der Waals surface area contributed by atoms with E-state index in [2.05, 4.69) is 46.3 Å². The Bertz CT molecular complexity index is 392. The van der Waals surface area contributed by atoms with E-state index in [1.54, 1.807) is 0 Å². The van der Waals surface area contributed by atoms with Gasteiger partial charge >= 0.3 is 0 Å². The molecule has 1 saturated carbocycles. The molecule has 1 heterocycles. The van der Waals surface area contributed by atoms with E-state index in [1.165, 1.54) is 27.6 Å². The van der Waals surface area contributed by atoms with Crippen LogP contribution in [0.4, 0.5) is 0 Å². The Hall–Kier alpha value is 0.0400. The number of hydrogen-bond acceptors (Lipinski definition) is 1. The first-order valence-corrected chi connectivity index (χ1v) is 6.85. The first kappa shape index (κ1) is 10.2. The van der Waals surface area contributed by atoms with Gasteiger partial charge in [0.15, 0.2) is 0 Å². The van der Waals surface area contributed by atoms with Crippen LogP contribution < -0.4 is 5.32 Å². The smallest absolute Gasteiger partial charge is 0.0828 e. The van der Waals surface area contributed by atoms with Crippen LogP contribution in [0, 0.1) is 5.92 Å². The highest BCUT2D eigenvalue weighted by atomic mass is 127. The second-order valence-electron chi connectivity index (χ2n) is 4.68. The fourth-order valence-corrected chi connectivity index (χ4v) is 4.00. The summed E-state index contributed by atoms with van der Waals surface area (Å²) >= 11 is 9.05. The molecule has 0 aromatic heterocycles. The maximum Gasteiger partial charge on any atom is 0.0828 e. The maximum atomic E-state index is 6.66. The van der Waals surface area contributed by atoms with Crippen molar-refractivity contribution in [2.75, 3.05) is 6.54 Å². The first-order chi connectivity index (χ1) is 7.16. The van der Waals surface area contributed by atoms with E-state index in [4.69, 9.17) is 11.6 Å². The predicted octanol–water partition coefficient (Wildman–Crippen LogP) is 3.51. The van der Waals surface area contributed by atoms with Crippen molar-refractivity contribution in [1.82, 2.24) is 5.32 Å². The Labute approximate surface area is 109 Å². The molecule has 3 rings (SSSR count). The van der Waals surface area contributed by atoms with Crippen LogP contribution >= 0.6 is 34.2 Å². The van der Waals surface area contributed by atoms with Gasteiger partial charge in [-0.1, -0.05) is 18.9 Å². The third-order valence-corrected chi connectivity index (χ3v) is 4.49. The van der Waals surface area contributed by atoms with Gasteiger partial charge in [0.1, 0.15) is 0 Å². The van der Waals surface area contributed by atoms with E-state index in [-0.39, 0.29) is 4.87 Å². The molecular formula is C12H13ClIN. The molecule has 3 heteroatoms. The average molecular weight is 334 g/mol. The van der Waals surface area contributed by atoms with Gasteiger partial charge in [-0.05, 0) is 46.6 Å². The van der Waals surface area contributed by atoms with Crippen LogP contribution in [0.1, 0.15) is 19.3 Å². The molecule has 15 heavy (non-hydrogen) atoms. The molecule has 1 N–H and O–H groups in total. The number of nitrogens with one attached hydrogen (secondary N) is 1. The van der Waals surface area contributed by atoms with Crippen molar-refractivity contribution in [3.05, 3.63) is 33.1 Å². The van der Waals surface area contributed by atoms with Gasteiger partial charge in [0.2, 0.25) is 0 Å². The fraction of sp³-hybridized carbons (Fsp3) is 0.500. The van der Waals surface area contributed by atoms with E-state index in [1.807, 2.05) is 0 Å². The van der Waals surface area contributed by atoms with Crippen molar-refractivity contribution in [2.24, 2.45) is 5.92 Å². The molecule has 0 radical (unpaired) electrons. The molecule has 0 amide bonds. The van der Waals surface area contributed by atoms with Crippen molar-refractivity contribution in [1.29, 1.82) is 0 Å². The SMILES string of the molecule is ClC1(CC2CC2)C=C(I)C2=CNCC2=C1. The summed E-state index contributed by atoms with van der Waals surface area (Å²) in [5.74, 6) is 0.861. The van der Waals surface area contributed by atoms with Crippen LogP contribution in [-0.4, -0.2) is 11.4 Å². The zero-order valence-corrected chi connectivity index (χ0v) is 11.3. The van der Waals surface area contributed by atoms with E-state index < -0.39 is 0 Å². The van der Waals surface area contributed by atoms with Crippen LogP contribution in [0.25, 0.3) is 0 Å². The van der Waals surface area contributed by atoms with Crippen LogP contribution in [0.3, 0.4) is 0 Å². The highest BCUT2D eigenvalue weighted by Crippen LogP contribution is 2.46. The summed E-state index contributed by atoms with van der Waals surface area (Å²) in [5.41, 5.74) is 2.71. The van der Waals surface area contributed by atoms with Crippen LogP contribution in [-0.2, 0) is 0 Å². The number of rotatable bonds is 2. The number of alkyl halides is 1. The summed E-state index contributed by atoms with van der Waals surface area (Å²) in [6.45, 7) is 0.939. The topological polar surface area (TPSA) is 12.0 Å². The highest BCUT2D eigenvalue weighted by molar-refractivity contribution is 14.1. The van der Waals surface area contributed by atoms with Crippen LogP contribution in [0.5, 0.6) is 0 Å². The minimum atomic E-state index is -0.212. The summed E-state index contributed by atoms with van der Waals surface area (Å²) in [5, 5.41) is 3.27. The second-order valence-corrected chi connectivity index (χ2v) is 6.54. The van der Waals surface area contributed by atoms with Crippen molar-refractivity contribution in [3.8, 4) is 0 Å². The Balaban J connectivity index is 1.91. The molecule has 0 bridgehead atoms. The molecule has 1 aliphatic heterocycles. The molecule has 3 aliphatic rings. The third-order valence-electron chi connectivity index (χ3n) is 3.22. The molecular weight excluding hydrogens is 320 g/mol. The maximum absolute atomic E-state index is 6.66. The lowest BCUT2D eigenvalue weighted by Gasteiger charge is -2.25. The van der Waals surface area contributed by atoms with Crippen LogP contribution in [0.2, 0.25) is 0 Å². The summed E-state index contributed by atoms with van der Waals surface area (Å²) in [6.07, 6.45) is 10.4. The lowest BCUT2D eigenvalue weighted by molar-refractivity contribution is 0.660. The van der Waals surface area contributed by atoms with Crippen molar-refractivity contribution < 1.29 is 0 Å². The molecule has 0 aromatic rings. The Morgan fingerprint density at radius 3 is 3.00 bits per heavy atom. The quantitative estimate of drug-likeness (QED) is 0.602. The summed E-state index contributed by atoms with van der Waals surface area (Å²) in [7, 11) is 0. The standard InChI is InChI=1S/C12H13ClIN/c13-12(3-8-1-2-8)4-9-6-15-7-10(9)11(14)5-12/h4-5,7-8,15H,1-3,6H2. The fourth-order valence-electron chi connectivity index (χ4n) is 2.30. The average Bonchev–Trinajstić information content (AvgIpc) is 2.81. The van der Waals surface area contributed by atoms with Crippen molar-refractivity contribution >= 4 is 34.2 Å². The summed E-state index contributed by atoms with van der Waals surface area (Å²) < 4.78 is 1.30. The molecule has 80 valence electrons. The molecule has 1 fully saturated rings. The van der Waals surface area contributed by atoms with Crippen molar-refractivity contribution in [2.45, 2.75) is 24.1 Å². The Kier molecular flexibility index (Phi) is 2.40. The van der Waals surface area contributed by atoms with Gasteiger partial charge in [-0.3, -0.25) is 0 Å². The molecule has 0 saturated heterocycles. The molecule has 1 atom stereocenters. The highest BCUT2D eigenvalue weighted by Gasteiger charge is 2.36. The van der Waals surface area contributed by atoms with Gasteiger partial charge in [0.25, 0.3) is 0 Å². The largest absolute Gasteiger partial charge is 0.386 e. The van der Waals surface area contributed by atoms with E-state index in [0.29, 0.717) is 0 Å². The third kappa shape index (κ3) is 1.98. The zero-order valence-electron chi connectivity index (χ0n) is 8.39. The normalized spacial score (nSPS) is 33.9. The van der Waals surface area contributed by atoms with Crippen molar-refractivity contribution in [3.63, 3.8) is 0 Å². The summed E-state index contributed by atoms with van der Waals surface area (Å²) in [4.78, 5) is -0.212. The monoisotopic (exact) mass is 333 g/mol. The minimum Gasteiger partial charge on any atom is -0.386 e. The second kappa shape index (κ2) is 3.52. The number of halogens is 2. The molecule has 2 aliphatic carbocycles. The summed E-state index contributed by atoms with van der Waals surface area (Å²) in [6, 6.07) is 0. The van der Waals surface area contributed by atoms with Gasteiger partial charge in [0.05, 0.1) is 4.87 Å². The molecule has 1 nitrogen and oxygen atoms in total. The van der Waals surface area contributed by atoms with E-state index in [0.717, 1.165) is 18.9 Å². The Morgan fingerprint density at radius 2 is 2.27 bits per heavy atom. The number of allylic oxidation sites excluding steroid dienone is 3. The van der Waals surface area contributed by atoms with Gasteiger partial charge < -0.3 is 5.32 Å². The molecule has 0 spiro atoms. The first-order valence-electron chi connectivity index (χ1n) is 5.40. The van der Waals surface area contributed by atoms with Gasteiger partial charge in [-0.15, -0.1) is 11.6 Å². The van der Waals surface area contributed by atoms with Crippen LogP contribution in [0.15, 0.2) is 33.1 Å². The van der Waals surface area contributed by atoms with Gasteiger partial charge in [-0.2, -0.15) is 0 Å². The Morgan fingerprint density at radius 1 is 1.47 bits per heavy atom.